The number of anilines is 1. The second-order valence-corrected chi connectivity index (χ2v) is 3.42. The minimum Gasteiger partial charge on any atom is -0.391 e. The van der Waals surface area contributed by atoms with Gasteiger partial charge in [0.05, 0.1) is 11.8 Å². The Bertz CT molecular complexity index is 285. The molecule has 1 aromatic heterocycles. The van der Waals surface area contributed by atoms with E-state index in [0.717, 1.165) is 24.5 Å². The fourth-order valence-electron chi connectivity index (χ4n) is 1.51. The first-order valence-electron chi connectivity index (χ1n) is 4.49. The van der Waals surface area contributed by atoms with Crippen LogP contribution in [0.15, 0.2) is 12.1 Å². The van der Waals surface area contributed by atoms with E-state index in [1.54, 1.807) is 0 Å². The molecule has 0 spiro atoms. The van der Waals surface area contributed by atoms with Gasteiger partial charge in [-0.3, -0.25) is 0 Å². The maximum atomic E-state index is 9.33. The van der Waals surface area contributed by atoms with Crippen molar-refractivity contribution in [2.45, 2.75) is 19.4 Å². The summed E-state index contributed by atoms with van der Waals surface area (Å²) in [6.45, 7) is 3.46. The van der Waals surface area contributed by atoms with Gasteiger partial charge in [-0.15, -0.1) is 5.10 Å². The molecule has 2 heterocycles. The molecule has 0 aromatic carbocycles. The summed E-state index contributed by atoms with van der Waals surface area (Å²) in [7, 11) is 0. The van der Waals surface area contributed by atoms with Crippen molar-refractivity contribution in [3.8, 4) is 0 Å². The van der Waals surface area contributed by atoms with E-state index in [9.17, 15) is 5.11 Å². The lowest BCUT2D eigenvalue weighted by Crippen LogP contribution is -2.22. The Morgan fingerprint density at radius 3 is 2.85 bits per heavy atom. The first-order chi connectivity index (χ1) is 6.25. The Morgan fingerprint density at radius 1 is 1.46 bits per heavy atom. The first kappa shape index (κ1) is 8.44. The van der Waals surface area contributed by atoms with Gasteiger partial charge in [0.2, 0.25) is 0 Å². The Morgan fingerprint density at radius 2 is 2.31 bits per heavy atom. The quantitative estimate of drug-likeness (QED) is 0.676. The second-order valence-electron chi connectivity index (χ2n) is 3.42. The minimum atomic E-state index is -0.205. The van der Waals surface area contributed by atoms with Gasteiger partial charge in [0.25, 0.3) is 0 Å². The van der Waals surface area contributed by atoms with Crippen molar-refractivity contribution in [1.29, 1.82) is 0 Å². The van der Waals surface area contributed by atoms with Crippen molar-refractivity contribution >= 4 is 5.82 Å². The van der Waals surface area contributed by atoms with Crippen molar-refractivity contribution in [2.75, 3.05) is 18.0 Å². The van der Waals surface area contributed by atoms with Crippen molar-refractivity contribution in [1.82, 2.24) is 10.2 Å². The molecule has 0 unspecified atom stereocenters. The van der Waals surface area contributed by atoms with Crippen LogP contribution in [0.4, 0.5) is 5.82 Å². The average Bonchev–Trinajstić information content (AvgIpc) is 2.53. The van der Waals surface area contributed by atoms with Crippen LogP contribution in [0, 0.1) is 6.92 Å². The lowest BCUT2D eigenvalue weighted by Gasteiger charge is -2.15. The molecule has 2 rings (SSSR count). The van der Waals surface area contributed by atoms with Gasteiger partial charge in [-0.1, -0.05) is 0 Å². The zero-order chi connectivity index (χ0) is 9.26. The fourth-order valence-corrected chi connectivity index (χ4v) is 1.51. The predicted molar refractivity (Wildman–Crippen MR) is 49.6 cm³/mol. The van der Waals surface area contributed by atoms with E-state index in [0.29, 0.717) is 6.54 Å². The number of β-amino-alcohol motifs (C(OH)–C–C–N with tert-alkyl or cyclic N) is 1. The van der Waals surface area contributed by atoms with Crippen LogP contribution < -0.4 is 4.90 Å². The summed E-state index contributed by atoms with van der Waals surface area (Å²) in [5, 5.41) is 17.4. The predicted octanol–water partition coefficient (Wildman–Crippen LogP) is 0.356. The van der Waals surface area contributed by atoms with Crippen molar-refractivity contribution in [3.63, 3.8) is 0 Å². The SMILES string of the molecule is Cc1ccc(N2CC[C@H](O)C2)nn1. The van der Waals surface area contributed by atoms with E-state index >= 15 is 0 Å². The summed E-state index contributed by atoms with van der Waals surface area (Å²) in [5.41, 5.74) is 0.920. The molecule has 0 saturated carbocycles. The lowest BCUT2D eigenvalue weighted by molar-refractivity contribution is 0.198. The van der Waals surface area contributed by atoms with Crippen molar-refractivity contribution in [3.05, 3.63) is 17.8 Å². The third-order valence-electron chi connectivity index (χ3n) is 2.27. The summed E-state index contributed by atoms with van der Waals surface area (Å²) in [4.78, 5) is 2.05. The molecule has 1 saturated heterocycles. The summed E-state index contributed by atoms with van der Waals surface area (Å²) in [6, 6.07) is 3.88. The van der Waals surface area contributed by atoms with Gasteiger partial charge in [-0.05, 0) is 25.5 Å². The van der Waals surface area contributed by atoms with Gasteiger partial charge >= 0.3 is 0 Å². The molecule has 1 N–H and O–H groups in total. The molecule has 1 aromatic rings. The molecule has 0 aliphatic carbocycles. The van der Waals surface area contributed by atoms with E-state index in [1.165, 1.54) is 0 Å². The zero-order valence-electron chi connectivity index (χ0n) is 7.64. The molecule has 70 valence electrons. The number of aliphatic hydroxyl groups is 1. The Balaban J connectivity index is 2.13. The Labute approximate surface area is 77.2 Å². The molecule has 1 aliphatic heterocycles. The number of rotatable bonds is 1. The number of aryl methyl sites for hydroxylation is 1. The maximum absolute atomic E-state index is 9.33. The smallest absolute Gasteiger partial charge is 0.151 e. The molecular formula is C9H13N3O. The van der Waals surface area contributed by atoms with Gasteiger partial charge in [0.15, 0.2) is 5.82 Å². The van der Waals surface area contributed by atoms with Gasteiger partial charge in [0.1, 0.15) is 0 Å². The largest absolute Gasteiger partial charge is 0.391 e. The van der Waals surface area contributed by atoms with E-state index in [4.69, 9.17) is 0 Å². The third-order valence-corrected chi connectivity index (χ3v) is 2.27. The highest BCUT2D eigenvalue weighted by molar-refractivity contribution is 5.38. The molecule has 4 heteroatoms. The standard InChI is InChI=1S/C9H13N3O/c1-7-2-3-9(11-10-7)12-5-4-8(13)6-12/h2-3,8,13H,4-6H2,1H3/t8-/m0/s1. The summed E-state index contributed by atoms with van der Waals surface area (Å²) in [6.07, 6.45) is 0.623. The minimum absolute atomic E-state index is 0.205. The van der Waals surface area contributed by atoms with Gasteiger partial charge in [0, 0.05) is 13.1 Å². The monoisotopic (exact) mass is 179 g/mol. The zero-order valence-corrected chi connectivity index (χ0v) is 7.64. The highest BCUT2D eigenvalue weighted by Crippen LogP contribution is 2.16. The molecule has 4 nitrogen and oxygen atoms in total. The molecule has 13 heavy (non-hydrogen) atoms. The van der Waals surface area contributed by atoms with Crippen LogP contribution in [-0.4, -0.2) is 34.5 Å². The molecule has 0 radical (unpaired) electrons. The Hall–Kier alpha value is -1.16. The fraction of sp³-hybridized carbons (Fsp3) is 0.556. The average molecular weight is 179 g/mol. The van der Waals surface area contributed by atoms with Crippen LogP contribution in [0.5, 0.6) is 0 Å². The maximum Gasteiger partial charge on any atom is 0.151 e. The van der Waals surface area contributed by atoms with Gasteiger partial charge in [-0.25, -0.2) is 0 Å². The molecule has 1 aliphatic rings. The first-order valence-corrected chi connectivity index (χ1v) is 4.49. The lowest BCUT2D eigenvalue weighted by atomic mass is 10.3. The van der Waals surface area contributed by atoms with Crippen LogP contribution in [0.1, 0.15) is 12.1 Å². The van der Waals surface area contributed by atoms with E-state index < -0.39 is 0 Å². The van der Waals surface area contributed by atoms with Crippen LogP contribution in [0.25, 0.3) is 0 Å². The molecular weight excluding hydrogens is 166 g/mol. The highest BCUT2D eigenvalue weighted by atomic mass is 16.3. The summed E-state index contributed by atoms with van der Waals surface area (Å²) >= 11 is 0. The molecule has 0 amide bonds. The topological polar surface area (TPSA) is 49.2 Å². The molecule has 0 bridgehead atoms. The number of nitrogens with zero attached hydrogens (tertiary/aromatic N) is 3. The van der Waals surface area contributed by atoms with Crippen LogP contribution in [-0.2, 0) is 0 Å². The molecule has 1 atom stereocenters. The van der Waals surface area contributed by atoms with Crippen molar-refractivity contribution < 1.29 is 5.11 Å². The number of hydrogen-bond acceptors (Lipinski definition) is 4. The van der Waals surface area contributed by atoms with Crippen molar-refractivity contribution in [2.24, 2.45) is 0 Å². The van der Waals surface area contributed by atoms with Gasteiger partial charge < -0.3 is 10.0 Å². The van der Waals surface area contributed by atoms with Crippen LogP contribution in [0.2, 0.25) is 0 Å². The summed E-state index contributed by atoms with van der Waals surface area (Å²) in [5.74, 6) is 0.863. The van der Waals surface area contributed by atoms with Crippen LogP contribution in [0.3, 0.4) is 0 Å². The molecule has 1 fully saturated rings. The number of aromatic nitrogens is 2. The van der Waals surface area contributed by atoms with E-state index in [-0.39, 0.29) is 6.10 Å². The normalized spacial score (nSPS) is 22.3. The second kappa shape index (κ2) is 3.30. The van der Waals surface area contributed by atoms with E-state index in [1.807, 2.05) is 19.1 Å². The summed E-state index contributed by atoms with van der Waals surface area (Å²) < 4.78 is 0. The van der Waals surface area contributed by atoms with Crippen LogP contribution >= 0.6 is 0 Å². The Kier molecular flexibility index (Phi) is 2.14. The van der Waals surface area contributed by atoms with Gasteiger partial charge in [-0.2, -0.15) is 5.10 Å². The number of hydrogen-bond donors (Lipinski definition) is 1. The highest BCUT2D eigenvalue weighted by Gasteiger charge is 2.21. The third kappa shape index (κ3) is 1.78. The van der Waals surface area contributed by atoms with E-state index in [2.05, 4.69) is 15.1 Å². The number of aliphatic hydroxyl groups excluding tert-OH is 1.